The average molecular weight is 253 g/mol. The van der Waals surface area contributed by atoms with Crippen LogP contribution in [0.25, 0.3) is 0 Å². The molecular weight excluding hydrogens is 226 g/mol. The highest BCUT2D eigenvalue weighted by atomic mass is 16.2. The van der Waals surface area contributed by atoms with Crippen molar-refractivity contribution < 1.29 is 4.79 Å². The largest absolute Gasteiger partial charge is 0.340 e. The van der Waals surface area contributed by atoms with Gasteiger partial charge in [-0.1, -0.05) is 13.3 Å². The van der Waals surface area contributed by atoms with Crippen LogP contribution in [0.3, 0.4) is 0 Å². The van der Waals surface area contributed by atoms with Crippen LogP contribution in [0, 0.1) is 5.41 Å². The van der Waals surface area contributed by atoms with E-state index in [2.05, 4.69) is 18.7 Å². The number of piperazine rings is 1. The van der Waals surface area contributed by atoms with Crippen molar-refractivity contribution in [3.8, 4) is 0 Å². The van der Waals surface area contributed by atoms with Gasteiger partial charge in [0.05, 0.1) is 0 Å². The molecule has 1 unspecified atom stereocenters. The van der Waals surface area contributed by atoms with E-state index in [-0.39, 0.29) is 5.41 Å². The lowest BCUT2D eigenvalue weighted by atomic mass is 9.66. The van der Waals surface area contributed by atoms with Gasteiger partial charge in [0.1, 0.15) is 0 Å². The van der Waals surface area contributed by atoms with Crippen molar-refractivity contribution in [1.29, 1.82) is 0 Å². The molecule has 1 heterocycles. The molecular formula is C14H27N3O. The predicted octanol–water partition coefficient (Wildman–Crippen LogP) is 1.06. The van der Waals surface area contributed by atoms with Crippen LogP contribution < -0.4 is 5.73 Å². The summed E-state index contributed by atoms with van der Waals surface area (Å²) in [6, 6.07) is 0.489. The van der Waals surface area contributed by atoms with E-state index < -0.39 is 0 Å². The van der Waals surface area contributed by atoms with Gasteiger partial charge in [0.15, 0.2) is 0 Å². The van der Waals surface area contributed by atoms with Gasteiger partial charge in [-0.15, -0.1) is 0 Å². The lowest BCUT2D eigenvalue weighted by Crippen LogP contribution is -2.54. The number of rotatable bonds is 4. The van der Waals surface area contributed by atoms with Crippen molar-refractivity contribution in [3.05, 3.63) is 0 Å². The molecule has 2 N–H and O–H groups in total. The normalized spacial score (nSPS) is 27.9. The Balaban J connectivity index is 1.86. The van der Waals surface area contributed by atoms with E-state index in [0.29, 0.717) is 24.9 Å². The first-order valence-corrected chi connectivity index (χ1v) is 7.32. The fourth-order valence-corrected chi connectivity index (χ4v) is 3.25. The molecule has 0 radical (unpaired) electrons. The second-order valence-corrected chi connectivity index (χ2v) is 6.05. The van der Waals surface area contributed by atoms with Crippen molar-refractivity contribution >= 4 is 5.91 Å². The molecule has 0 aromatic heterocycles. The van der Waals surface area contributed by atoms with Gasteiger partial charge < -0.3 is 10.6 Å². The van der Waals surface area contributed by atoms with Gasteiger partial charge in [-0.2, -0.15) is 0 Å². The molecule has 0 bridgehead atoms. The first-order chi connectivity index (χ1) is 8.60. The zero-order chi connectivity index (χ0) is 13.2. The highest BCUT2D eigenvalue weighted by Gasteiger charge is 2.39. The zero-order valence-electron chi connectivity index (χ0n) is 11.8. The number of carbonyl (C=O) groups is 1. The highest BCUT2D eigenvalue weighted by molar-refractivity contribution is 5.77. The lowest BCUT2D eigenvalue weighted by Gasteiger charge is -2.44. The van der Waals surface area contributed by atoms with Crippen LogP contribution in [0.5, 0.6) is 0 Å². The monoisotopic (exact) mass is 253 g/mol. The minimum atomic E-state index is 0.141. The summed E-state index contributed by atoms with van der Waals surface area (Å²) in [6.45, 7) is 8.93. The van der Waals surface area contributed by atoms with E-state index >= 15 is 0 Å². The van der Waals surface area contributed by atoms with E-state index in [1.54, 1.807) is 0 Å². The van der Waals surface area contributed by atoms with Crippen molar-refractivity contribution in [3.63, 3.8) is 0 Å². The zero-order valence-corrected chi connectivity index (χ0v) is 11.8. The molecule has 0 spiro atoms. The summed E-state index contributed by atoms with van der Waals surface area (Å²) in [4.78, 5) is 16.8. The summed E-state index contributed by atoms with van der Waals surface area (Å²) in [5.41, 5.74) is 5.98. The van der Waals surface area contributed by atoms with Gasteiger partial charge in [0.25, 0.3) is 0 Å². The molecule has 2 aliphatic rings. The average Bonchev–Trinajstić information content (AvgIpc) is 2.33. The Morgan fingerprint density at radius 1 is 1.39 bits per heavy atom. The van der Waals surface area contributed by atoms with E-state index in [0.717, 1.165) is 39.0 Å². The highest BCUT2D eigenvalue weighted by Crippen LogP contribution is 2.43. The lowest BCUT2D eigenvalue weighted by molar-refractivity contribution is -0.138. The molecule has 18 heavy (non-hydrogen) atoms. The third-order valence-corrected chi connectivity index (χ3v) is 4.90. The third-order valence-electron chi connectivity index (χ3n) is 4.90. The van der Waals surface area contributed by atoms with Gasteiger partial charge >= 0.3 is 0 Å². The second kappa shape index (κ2) is 5.57. The van der Waals surface area contributed by atoms with Crippen LogP contribution in [0.15, 0.2) is 0 Å². The maximum atomic E-state index is 12.4. The Hall–Kier alpha value is -0.610. The van der Waals surface area contributed by atoms with Crippen LogP contribution in [-0.2, 0) is 4.79 Å². The fourth-order valence-electron chi connectivity index (χ4n) is 3.25. The maximum Gasteiger partial charge on any atom is 0.223 e. The molecule has 0 aromatic carbocycles. The Morgan fingerprint density at radius 2 is 2.11 bits per heavy atom. The first-order valence-electron chi connectivity index (χ1n) is 7.32. The number of amides is 1. The van der Waals surface area contributed by atoms with Gasteiger partial charge in [0.2, 0.25) is 5.91 Å². The van der Waals surface area contributed by atoms with Gasteiger partial charge in [-0.25, -0.2) is 0 Å². The molecule has 1 amide bonds. The topological polar surface area (TPSA) is 49.6 Å². The van der Waals surface area contributed by atoms with Gasteiger partial charge in [0, 0.05) is 32.1 Å². The minimum absolute atomic E-state index is 0.141. The molecule has 1 saturated heterocycles. The molecule has 1 saturated carbocycles. The van der Waals surface area contributed by atoms with E-state index in [1.165, 1.54) is 6.42 Å². The standard InChI is InChI=1S/C14H27N3O/c1-3-16-7-8-17(10-12(16)2)13(18)9-14(11-15)5-4-6-14/h12H,3-11,15H2,1-2H3. The molecule has 2 fully saturated rings. The summed E-state index contributed by atoms with van der Waals surface area (Å²) >= 11 is 0. The molecule has 1 atom stereocenters. The smallest absolute Gasteiger partial charge is 0.223 e. The molecule has 1 aliphatic carbocycles. The quantitative estimate of drug-likeness (QED) is 0.815. The predicted molar refractivity (Wildman–Crippen MR) is 73.2 cm³/mol. The van der Waals surface area contributed by atoms with Crippen molar-refractivity contribution in [1.82, 2.24) is 9.80 Å². The number of likely N-dealkylation sites (N-methyl/N-ethyl adjacent to an activating group) is 1. The van der Waals surface area contributed by atoms with Crippen LogP contribution in [0.1, 0.15) is 39.5 Å². The first kappa shape index (κ1) is 13.8. The van der Waals surface area contributed by atoms with Crippen LogP contribution >= 0.6 is 0 Å². The number of nitrogens with zero attached hydrogens (tertiary/aromatic N) is 2. The van der Waals surface area contributed by atoms with E-state index in [4.69, 9.17) is 5.73 Å². The van der Waals surface area contributed by atoms with E-state index in [1.807, 2.05) is 4.90 Å². The Kier molecular flexibility index (Phi) is 4.28. The van der Waals surface area contributed by atoms with Crippen LogP contribution in [0.2, 0.25) is 0 Å². The summed E-state index contributed by atoms with van der Waals surface area (Å²) in [5.74, 6) is 0.322. The van der Waals surface area contributed by atoms with Crippen LogP contribution in [-0.4, -0.2) is 54.5 Å². The fraction of sp³-hybridized carbons (Fsp3) is 0.929. The van der Waals surface area contributed by atoms with Gasteiger partial charge in [-0.05, 0) is 38.3 Å². The molecule has 1 aliphatic heterocycles. The Bertz CT molecular complexity index is 296. The van der Waals surface area contributed by atoms with Gasteiger partial charge in [-0.3, -0.25) is 9.69 Å². The third kappa shape index (κ3) is 2.69. The molecule has 0 aromatic rings. The Morgan fingerprint density at radius 3 is 2.56 bits per heavy atom. The molecule has 104 valence electrons. The Labute approximate surface area is 110 Å². The summed E-state index contributed by atoms with van der Waals surface area (Å²) in [7, 11) is 0. The summed E-state index contributed by atoms with van der Waals surface area (Å²) in [6.07, 6.45) is 4.19. The van der Waals surface area contributed by atoms with Crippen molar-refractivity contribution in [2.45, 2.75) is 45.6 Å². The number of carbonyl (C=O) groups excluding carboxylic acids is 1. The molecule has 4 heteroatoms. The van der Waals surface area contributed by atoms with Crippen molar-refractivity contribution in [2.24, 2.45) is 11.1 Å². The minimum Gasteiger partial charge on any atom is -0.340 e. The maximum absolute atomic E-state index is 12.4. The summed E-state index contributed by atoms with van der Waals surface area (Å²) in [5, 5.41) is 0. The summed E-state index contributed by atoms with van der Waals surface area (Å²) < 4.78 is 0. The second-order valence-electron chi connectivity index (χ2n) is 6.05. The molecule has 4 nitrogen and oxygen atoms in total. The van der Waals surface area contributed by atoms with Crippen molar-refractivity contribution in [2.75, 3.05) is 32.7 Å². The number of hydrogen-bond donors (Lipinski definition) is 1. The van der Waals surface area contributed by atoms with E-state index in [9.17, 15) is 4.79 Å². The van der Waals surface area contributed by atoms with Crippen LogP contribution in [0.4, 0.5) is 0 Å². The number of nitrogens with two attached hydrogens (primary N) is 1. The SMILES string of the molecule is CCN1CCN(C(=O)CC2(CN)CCC2)CC1C. The molecule has 2 rings (SSSR count). The number of hydrogen-bond acceptors (Lipinski definition) is 3.